The first kappa shape index (κ1) is 16.0. The lowest BCUT2D eigenvalue weighted by atomic mass is 9.86. The monoisotopic (exact) mass is 325 g/mol. The molecule has 124 valence electrons. The lowest BCUT2D eigenvalue weighted by Crippen LogP contribution is -2.38. The molecule has 0 bridgehead atoms. The maximum absolute atomic E-state index is 13.1. The molecule has 0 spiro atoms. The molecule has 1 N–H and O–H groups in total. The highest BCUT2D eigenvalue weighted by Gasteiger charge is 2.36. The second-order valence-corrected chi connectivity index (χ2v) is 6.77. The molecule has 0 aliphatic carbocycles. The topological polar surface area (TPSA) is 77.1 Å². The Morgan fingerprint density at radius 3 is 2.25 bits per heavy atom. The maximum Gasteiger partial charge on any atom is 0.335 e. The fraction of sp³-hybridized carbons (Fsp3) is 0.278. The zero-order valence-electron chi connectivity index (χ0n) is 13.8. The molecule has 0 amide bonds. The summed E-state index contributed by atoms with van der Waals surface area (Å²) in [5, 5.41) is 9.74. The third kappa shape index (κ3) is 2.50. The van der Waals surface area contributed by atoms with Crippen molar-refractivity contribution >= 4 is 17.0 Å². The molecule has 0 aliphatic heterocycles. The van der Waals surface area contributed by atoms with E-state index in [2.05, 4.69) is 4.98 Å². The molecule has 1 aromatic carbocycles. The molecule has 24 heavy (non-hydrogen) atoms. The summed E-state index contributed by atoms with van der Waals surface area (Å²) < 4.78 is 2.81. The van der Waals surface area contributed by atoms with E-state index in [1.54, 1.807) is 42.6 Å². The van der Waals surface area contributed by atoms with Crippen molar-refractivity contribution in [3.63, 3.8) is 0 Å². The maximum atomic E-state index is 13.1. The van der Waals surface area contributed by atoms with Gasteiger partial charge in [0.1, 0.15) is 11.9 Å². The van der Waals surface area contributed by atoms with Gasteiger partial charge < -0.3 is 5.11 Å². The Kier molecular flexibility index (Phi) is 3.75. The van der Waals surface area contributed by atoms with E-state index in [4.69, 9.17) is 0 Å². The first-order valence-electron chi connectivity index (χ1n) is 7.68. The number of rotatable bonds is 3. The number of para-hydroxylation sites is 2. The summed E-state index contributed by atoms with van der Waals surface area (Å²) in [7, 11) is 0. The Balaban J connectivity index is 2.41. The Morgan fingerprint density at radius 2 is 1.71 bits per heavy atom. The van der Waals surface area contributed by atoms with Crippen LogP contribution in [0.25, 0.3) is 16.9 Å². The summed E-state index contributed by atoms with van der Waals surface area (Å²) >= 11 is 0. The number of hydrogen-bond donors (Lipinski definition) is 1. The molecule has 1 unspecified atom stereocenters. The van der Waals surface area contributed by atoms with Crippen LogP contribution in [0.4, 0.5) is 0 Å². The van der Waals surface area contributed by atoms with Gasteiger partial charge in [-0.15, -0.1) is 0 Å². The average Bonchev–Trinajstić information content (AvgIpc) is 2.80. The lowest BCUT2D eigenvalue weighted by Gasteiger charge is -2.27. The van der Waals surface area contributed by atoms with Gasteiger partial charge in [0.2, 0.25) is 0 Å². The van der Waals surface area contributed by atoms with E-state index in [9.17, 15) is 14.7 Å². The van der Waals surface area contributed by atoms with Crippen LogP contribution in [-0.4, -0.2) is 25.2 Å². The smallest absolute Gasteiger partial charge is 0.335 e. The van der Waals surface area contributed by atoms with Gasteiger partial charge in [0.25, 0.3) is 0 Å². The van der Waals surface area contributed by atoms with Crippen LogP contribution < -0.4 is 5.69 Å². The Morgan fingerprint density at radius 1 is 1.08 bits per heavy atom. The molecule has 0 aliphatic rings. The van der Waals surface area contributed by atoms with E-state index in [0.717, 1.165) is 0 Å². The summed E-state index contributed by atoms with van der Waals surface area (Å²) in [6, 6.07) is 11.5. The van der Waals surface area contributed by atoms with E-state index in [1.807, 2.05) is 26.8 Å². The van der Waals surface area contributed by atoms with E-state index in [1.165, 1.54) is 9.13 Å². The Hall–Kier alpha value is -2.89. The van der Waals surface area contributed by atoms with Crippen molar-refractivity contribution in [1.29, 1.82) is 0 Å². The molecular weight excluding hydrogens is 306 g/mol. The van der Waals surface area contributed by atoms with Crippen LogP contribution >= 0.6 is 0 Å². The summed E-state index contributed by atoms with van der Waals surface area (Å²) in [6.45, 7) is 5.43. The van der Waals surface area contributed by atoms with Gasteiger partial charge in [-0.25, -0.2) is 19.1 Å². The molecule has 0 fully saturated rings. The number of carboxylic acid groups (broad SMARTS) is 1. The largest absolute Gasteiger partial charge is 0.480 e. The van der Waals surface area contributed by atoms with E-state index < -0.39 is 23.1 Å². The highest BCUT2D eigenvalue weighted by molar-refractivity contribution is 5.81. The third-order valence-corrected chi connectivity index (χ3v) is 3.97. The normalized spacial score (nSPS) is 13.1. The summed E-state index contributed by atoms with van der Waals surface area (Å²) in [5.74, 6) is -0.566. The fourth-order valence-electron chi connectivity index (χ4n) is 3.00. The van der Waals surface area contributed by atoms with E-state index in [0.29, 0.717) is 16.9 Å². The second kappa shape index (κ2) is 5.63. The van der Waals surface area contributed by atoms with Crippen molar-refractivity contribution < 1.29 is 9.90 Å². The van der Waals surface area contributed by atoms with Crippen molar-refractivity contribution in [1.82, 2.24) is 14.1 Å². The van der Waals surface area contributed by atoms with Gasteiger partial charge in [-0.3, -0.25) is 4.57 Å². The van der Waals surface area contributed by atoms with Crippen molar-refractivity contribution in [3.05, 3.63) is 59.1 Å². The van der Waals surface area contributed by atoms with Gasteiger partial charge >= 0.3 is 11.7 Å². The van der Waals surface area contributed by atoms with Gasteiger partial charge in [0.05, 0.1) is 11.0 Å². The van der Waals surface area contributed by atoms with Crippen LogP contribution in [0, 0.1) is 5.41 Å². The number of hydrogen-bond acceptors (Lipinski definition) is 3. The minimum Gasteiger partial charge on any atom is -0.480 e. The second-order valence-electron chi connectivity index (χ2n) is 6.77. The number of carboxylic acids is 1. The highest BCUT2D eigenvalue weighted by atomic mass is 16.4. The van der Waals surface area contributed by atoms with Crippen LogP contribution in [0.2, 0.25) is 0 Å². The summed E-state index contributed by atoms with van der Waals surface area (Å²) in [4.78, 5) is 29.2. The molecule has 1 atom stereocenters. The molecule has 0 saturated carbocycles. The van der Waals surface area contributed by atoms with Crippen LogP contribution in [0.5, 0.6) is 0 Å². The van der Waals surface area contributed by atoms with Crippen molar-refractivity contribution in [2.45, 2.75) is 26.8 Å². The fourth-order valence-corrected chi connectivity index (χ4v) is 3.00. The Bertz CT molecular complexity index is 949. The number of imidazole rings is 1. The first-order chi connectivity index (χ1) is 11.3. The number of carbonyl (C=O) groups is 1. The molecular formula is C18H19N3O3. The molecule has 3 rings (SSSR count). The molecule has 2 heterocycles. The molecule has 3 aromatic rings. The minimum absolute atomic E-state index is 0.405. The van der Waals surface area contributed by atoms with Crippen LogP contribution in [-0.2, 0) is 4.79 Å². The standard InChI is InChI=1S/C18H19N3O3/c1-18(2,3)15(16(22)23)21-13-9-5-4-8-12(13)20(17(21)24)14-10-6-7-11-19-14/h4-11,15H,1-3H3,(H,22,23). The van der Waals surface area contributed by atoms with E-state index >= 15 is 0 Å². The number of benzene rings is 1. The van der Waals surface area contributed by atoms with Crippen molar-refractivity contribution in [2.24, 2.45) is 5.41 Å². The van der Waals surface area contributed by atoms with Crippen LogP contribution in [0.1, 0.15) is 26.8 Å². The molecule has 6 nitrogen and oxygen atoms in total. The number of aliphatic carboxylic acids is 1. The van der Waals surface area contributed by atoms with E-state index in [-0.39, 0.29) is 0 Å². The lowest BCUT2D eigenvalue weighted by molar-refractivity contribution is -0.144. The summed E-state index contributed by atoms with van der Waals surface area (Å²) in [5.41, 5.74) is 0.179. The first-order valence-corrected chi connectivity index (χ1v) is 7.68. The third-order valence-electron chi connectivity index (χ3n) is 3.97. The molecule has 0 radical (unpaired) electrons. The molecule has 2 aromatic heterocycles. The number of pyridine rings is 1. The Labute approximate surface area is 139 Å². The average molecular weight is 325 g/mol. The number of aromatic nitrogens is 3. The van der Waals surface area contributed by atoms with Crippen molar-refractivity contribution in [3.8, 4) is 5.82 Å². The molecule has 0 saturated heterocycles. The van der Waals surface area contributed by atoms with Crippen LogP contribution in [0.3, 0.4) is 0 Å². The number of nitrogens with zero attached hydrogens (tertiary/aromatic N) is 3. The highest BCUT2D eigenvalue weighted by Crippen LogP contribution is 2.32. The number of fused-ring (bicyclic) bond motifs is 1. The molecule has 6 heteroatoms. The van der Waals surface area contributed by atoms with Gasteiger partial charge in [-0.2, -0.15) is 0 Å². The zero-order chi connectivity index (χ0) is 17.5. The predicted octanol–water partition coefficient (Wildman–Crippen LogP) is 2.86. The van der Waals surface area contributed by atoms with Gasteiger partial charge in [0.15, 0.2) is 0 Å². The van der Waals surface area contributed by atoms with Crippen molar-refractivity contribution in [2.75, 3.05) is 0 Å². The quantitative estimate of drug-likeness (QED) is 0.803. The minimum atomic E-state index is -1.03. The summed E-state index contributed by atoms with van der Waals surface area (Å²) in [6.07, 6.45) is 1.60. The van der Waals surface area contributed by atoms with Gasteiger partial charge in [0, 0.05) is 6.20 Å². The SMILES string of the molecule is CC(C)(C)C(C(=O)O)n1c(=O)n(-c2ccccn2)c2ccccc21. The van der Waals surface area contributed by atoms with Gasteiger partial charge in [-0.1, -0.05) is 39.0 Å². The predicted molar refractivity (Wildman–Crippen MR) is 91.5 cm³/mol. The van der Waals surface area contributed by atoms with Crippen LogP contribution in [0.15, 0.2) is 53.5 Å². The van der Waals surface area contributed by atoms with Gasteiger partial charge in [-0.05, 0) is 29.7 Å². The zero-order valence-corrected chi connectivity index (χ0v) is 13.8.